The Morgan fingerprint density at radius 2 is 2.21 bits per heavy atom. The molecule has 0 fully saturated rings. The first-order valence-corrected chi connectivity index (χ1v) is 6.72. The lowest BCUT2D eigenvalue weighted by Crippen LogP contribution is -2.15. The molecule has 1 aromatic heterocycles. The Morgan fingerprint density at radius 1 is 1.50 bits per heavy atom. The standard InChI is InChI=1S/C8H14N2O2S2/c1-2-10-6-5-7-3-4-8(13-7)14(9,11)12/h3-4,10H,2,5-6H2,1H3,(H2,9,11,12). The van der Waals surface area contributed by atoms with Crippen molar-refractivity contribution in [1.82, 2.24) is 5.32 Å². The maximum atomic E-state index is 10.9. The van der Waals surface area contributed by atoms with Gasteiger partial charge < -0.3 is 5.32 Å². The lowest BCUT2D eigenvalue weighted by atomic mass is 10.3. The maximum Gasteiger partial charge on any atom is 0.247 e. The van der Waals surface area contributed by atoms with Crippen molar-refractivity contribution in [2.45, 2.75) is 17.6 Å². The number of hydrogen-bond acceptors (Lipinski definition) is 4. The van der Waals surface area contributed by atoms with Gasteiger partial charge in [0, 0.05) is 4.88 Å². The molecule has 0 amide bonds. The van der Waals surface area contributed by atoms with Crippen LogP contribution in [0.5, 0.6) is 0 Å². The van der Waals surface area contributed by atoms with Crippen LogP contribution in [0.25, 0.3) is 0 Å². The molecule has 0 atom stereocenters. The molecule has 1 heterocycles. The molecule has 0 radical (unpaired) electrons. The van der Waals surface area contributed by atoms with Crippen LogP contribution >= 0.6 is 11.3 Å². The van der Waals surface area contributed by atoms with Crippen LogP contribution in [0.3, 0.4) is 0 Å². The summed E-state index contributed by atoms with van der Waals surface area (Å²) >= 11 is 1.24. The van der Waals surface area contributed by atoms with Crippen LogP contribution in [-0.4, -0.2) is 21.5 Å². The Morgan fingerprint density at radius 3 is 2.71 bits per heavy atom. The van der Waals surface area contributed by atoms with Crippen molar-refractivity contribution in [2.24, 2.45) is 5.14 Å². The molecule has 6 heteroatoms. The van der Waals surface area contributed by atoms with Crippen LogP contribution in [0.2, 0.25) is 0 Å². The molecule has 0 aliphatic heterocycles. The summed E-state index contributed by atoms with van der Waals surface area (Å²) in [5, 5.41) is 8.16. The Balaban J connectivity index is 2.60. The summed E-state index contributed by atoms with van der Waals surface area (Å²) < 4.78 is 22.1. The highest BCUT2D eigenvalue weighted by atomic mass is 32.2. The largest absolute Gasteiger partial charge is 0.317 e. The third kappa shape index (κ3) is 3.38. The summed E-state index contributed by atoms with van der Waals surface area (Å²) in [6.07, 6.45) is 0.841. The van der Waals surface area contributed by atoms with Crippen molar-refractivity contribution in [3.63, 3.8) is 0 Å². The number of nitrogens with two attached hydrogens (primary N) is 1. The van der Waals surface area contributed by atoms with Gasteiger partial charge in [-0.3, -0.25) is 0 Å². The second kappa shape index (κ2) is 4.88. The predicted octanol–water partition coefficient (Wildman–Crippen LogP) is 0.548. The molecule has 0 unspecified atom stereocenters. The minimum atomic E-state index is -3.51. The molecule has 0 bridgehead atoms. The molecule has 0 aliphatic rings. The first kappa shape index (κ1) is 11.6. The number of thiophene rings is 1. The lowest BCUT2D eigenvalue weighted by Gasteiger charge is -1.97. The van der Waals surface area contributed by atoms with E-state index < -0.39 is 10.0 Å². The number of likely N-dealkylation sites (N-methyl/N-ethyl adjacent to an activating group) is 1. The fourth-order valence-corrected chi connectivity index (χ4v) is 2.81. The summed E-state index contributed by atoms with van der Waals surface area (Å²) in [6, 6.07) is 3.36. The molecular weight excluding hydrogens is 220 g/mol. The molecule has 14 heavy (non-hydrogen) atoms. The number of primary sulfonamides is 1. The van der Waals surface area contributed by atoms with Crippen LogP contribution in [-0.2, 0) is 16.4 Å². The molecular formula is C8H14N2O2S2. The van der Waals surface area contributed by atoms with E-state index in [9.17, 15) is 8.42 Å². The van der Waals surface area contributed by atoms with Crippen LogP contribution in [0.1, 0.15) is 11.8 Å². The average Bonchev–Trinajstić information content (AvgIpc) is 2.52. The van der Waals surface area contributed by atoms with Gasteiger partial charge in [0.1, 0.15) is 4.21 Å². The molecule has 0 spiro atoms. The zero-order chi connectivity index (χ0) is 10.6. The van der Waals surface area contributed by atoms with E-state index in [1.54, 1.807) is 6.07 Å². The van der Waals surface area contributed by atoms with Crippen LogP contribution < -0.4 is 10.5 Å². The Kier molecular flexibility index (Phi) is 4.06. The van der Waals surface area contributed by atoms with Gasteiger partial charge in [-0.05, 0) is 31.6 Å². The molecule has 0 aromatic carbocycles. The van der Waals surface area contributed by atoms with Crippen molar-refractivity contribution in [3.8, 4) is 0 Å². The van der Waals surface area contributed by atoms with Crippen molar-refractivity contribution in [3.05, 3.63) is 17.0 Å². The number of hydrogen-bond donors (Lipinski definition) is 2. The maximum absolute atomic E-state index is 10.9. The highest BCUT2D eigenvalue weighted by Crippen LogP contribution is 2.20. The number of nitrogens with one attached hydrogen (secondary N) is 1. The third-order valence-corrected chi connectivity index (χ3v) is 4.30. The summed E-state index contributed by atoms with van der Waals surface area (Å²) in [5.41, 5.74) is 0. The van der Waals surface area contributed by atoms with Gasteiger partial charge in [0.05, 0.1) is 0 Å². The van der Waals surface area contributed by atoms with Gasteiger partial charge in [-0.2, -0.15) is 0 Å². The van der Waals surface area contributed by atoms with Gasteiger partial charge in [-0.1, -0.05) is 6.92 Å². The molecule has 1 rings (SSSR count). The van der Waals surface area contributed by atoms with Gasteiger partial charge in [0.15, 0.2) is 0 Å². The fraction of sp³-hybridized carbons (Fsp3) is 0.500. The van der Waals surface area contributed by atoms with E-state index in [1.165, 1.54) is 11.3 Å². The zero-order valence-corrected chi connectivity index (χ0v) is 9.62. The van der Waals surface area contributed by atoms with Crippen molar-refractivity contribution < 1.29 is 8.42 Å². The Bertz CT molecular complexity index is 384. The summed E-state index contributed by atoms with van der Waals surface area (Å²) in [6.45, 7) is 3.82. The highest BCUT2D eigenvalue weighted by molar-refractivity contribution is 7.91. The van der Waals surface area contributed by atoms with Crippen molar-refractivity contribution >= 4 is 21.4 Å². The van der Waals surface area contributed by atoms with Gasteiger partial charge in [0.25, 0.3) is 0 Å². The summed E-state index contributed by atoms with van der Waals surface area (Å²) in [4.78, 5) is 1.04. The lowest BCUT2D eigenvalue weighted by molar-refractivity contribution is 0.600. The van der Waals surface area contributed by atoms with Crippen LogP contribution in [0.15, 0.2) is 16.3 Å². The summed E-state index contributed by atoms with van der Waals surface area (Å²) in [7, 11) is -3.51. The van der Waals surface area contributed by atoms with E-state index in [-0.39, 0.29) is 4.21 Å². The molecule has 0 saturated carbocycles. The predicted molar refractivity (Wildman–Crippen MR) is 57.9 cm³/mol. The fourth-order valence-electron chi connectivity index (χ4n) is 1.03. The minimum absolute atomic E-state index is 0.240. The SMILES string of the molecule is CCNCCc1ccc(S(N)(=O)=O)s1. The zero-order valence-electron chi connectivity index (χ0n) is 7.99. The van der Waals surface area contributed by atoms with Crippen molar-refractivity contribution in [2.75, 3.05) is 13.1 Å². The highest BCUT2D eigenvalue weighted by Gasteiger charge is 2.10. The van der Waals surface area contributed by atoms with E-state index >= 15 is 0 Å². The second-order valence-corrected chi connectivity index (χ2v) is 5.83. The number of rotatable bonds is 5. The van der Waals surface area contributed by atoms with E-state index in [1.807, 2.05) is 13.0 Å². The molecule has 0 saturated heterocycles. The van der Waals surface area contributed by atoms with E-state index in [0.717, 1.165) is 24.4 Å². The average molecular weight is 234 g/mol. The monoisotopic (exact) mass is 234 g/mol. The number of sulfonamides is 1. The smallest absolute Gasteiger partial charge is 0.247 e. The molecule has 80 valence electrons. The van der Waals surface area contributed by atoms with E-state index in [0.29, 0.717) is 0 Å². The second-order valence-electron chi connectivity index (χ2n) is 2.87. The van der Waals surface area contributed by atoms with E-state index in [4.69, 9.17) is 5.14 Å². The van der Waals surface area contributed by atoms with Gasteiger partial charge >= 0.3 is 0 Å². The van der Waals surface area contributed by atoms with Crippen LogP contribution in [0.4, 0.5) is 0 Å². The topological polar surface area (TPSA) is 72.2 Å². The quantitative estimate of drug-likeness (QED) is 0.731. The van der Waals surface area contributed by atoms with E-state index in [2.05, 4.69) is 5.32 Å². The molecule has 3 N–H and O–H groups in total. The van der Waals surface area contributed by atoms with Gasteiger partial charge in [-0.25, -0.2) is 13.6 Å². The third-order valence-electron chi connectivity index (χ3n) is 1.72. The molecule has 4 nitrogen and oxygen atoms in total. The first-order valence-electron chi connectivity index (χ1n) is 4.36. The molecule has 1 aromatic rings. The van der Waals surface area contributed by atoms with Gasteiger partial charge in [0.2, 0.25) is 10.0 Å². The van der Waals surface area contributed by atoms with Gasteiger partial charge in [-0.15, -0.1) is 11.3 Å². The Hall–Kier alpha value is -0.430. The molecule has 0 aliphatic carbocycles. The summed E-state index contributed by atoms with van der Waals surface area (Å²) in [5.74, 6) is 0. The van der Waals surface area contributed by atoms with Crippen LogP contribution in [0, 0.1) is 0 Å². The normalized spacial score (nSPS) is 11.9. The Labute approximate surface area is 88.2 Å². The first-order chi connectivity index (χ1) is 6.54. The minimum Gasteiger partial charge on any atom is -0.317 e. The van der Waals surface area contributed by atoms with Crippen molar-refractivity contribution in [1.29, 1.82) is 0 Å².